The average Bonchev–Trinajstić information content (AvgIpc) is 3.72. The van der Waals surface area contributed by atoms with Crippen LogP contribution >= 0.6 is 0 Å². The minimum Gasteiger partial charge on any atom is -0.463 e. The van der Waals surface area contributed by atoms with Gasteiger partial charge in [0.05, 0.1) is 43.1 Å². The summed E-state index contributed by atoms with van der Waals surface area (Å²) in [7, 11) is 0. The van der Waals surface area contributed by atoms with E-state index in [-0.39, 0.29) is 54.6 Å². The lowest BCUT2D eigenvalue weighted by atomic mass is 10.1. The summed E-state index contributed by atoms with van der Waals surface area (Å²) in [5, 5.41) is 0. The smallest absolute Gasteiger partial charge is 0.463 e. The zero-order valence-corrected chi connectivity index (χ0v) is 27.9. The van der Waals surface area contributed by atoms with Crippen LogP contribution in [-0.4, -0.2) is 86.8 Å². The summed E-state index contributed by atoms with van der Waals surface area (Å²) in [6, 6.07) is 17.2. The molecule has 0 aliphatic carbocycles. The van der Waals surface area contributed by atoms with Gasteiger partial charge in [0.25, 0.3) is 0 Å². The van der Waals surface area contributed by atoms with Gasteiger partial charge in [0.15, 0.2) is 12.2 Å². The van der Waals surface area contributed by atoms with E-state index >= 15 is 0 Å². The van der Waals surface area contributed by atoms with Crippen molar-refractivity contribution in [2.45, 2.75) is 44.2 Å². The summed E-state index contributed by atoms with van der Waals surface area (Å²) in [5.41, 5.74) is 0.602. The van der Waals surface area contributed by atoms with Crippen molar-refractivity contribution in [3.05, 3.63) is 102 Å². The number of carbonyl (C=O) groups is 6. The number of ether oxygens (including phenoxy) is 9. The molecular weight excluding hydrogens is 684 g/mol. The Kier molecular flexibility index (Phi) is 12.7. The third kappa shape index (κ3) is 10.2. The lowest BCUT2D eigenvalue weighted by Crippen LogP contribution is -2.36. The van der Waals surface area contributed by atoms with Crippen molar-refractivity contribution in [3.8, 4) is 17.2 Å². The van der Waals surface area contributed by atoms with Gasteiger partial charge in [-0.15, -0.1) is 0 Å². The molecule has 2 fully saturated rings. The Morgan fingerprint density at radius 3 is 1.50 bits per heavy atom. The van der Waals surface area contributed by atoms with Crippen LogP contribution in [0, 0.1) is 0 Å². The number of hydrogen-bond acceptors (Lipinski definition) is 15. The molecule has 2 aliphatic heterocycles. The summed E-state index contributed by atoms with van der Waals surface area (Å²) in [6.45, 7) is 4.88. The quantitative estimate of drug-likeness (QED) is 0.0570. The zero-order valence-electron chi connectivity index (χ0n) is 27.9. The highest BCUT2D eigenvalue weighted by Gasteiger charge is 2.51. The van der Waals surface area contributed by atoms with Crippen molar-refractivity contribution >= 4 is 36.0 Å². The van der Waals surface area contributed by atoms with Gasteiger partial charge in [-0.3, -0.25) is 4.79 Å². The van der Waals surface area contributed by atoms with E-state index in [4.69, 9.17) is 42.6 Å². The minimum atomic E-state index is -0.930. The van der Waals surface area contributed by atoms with E-state index in [1.165, 1.54) is 79.7 Å². The Balaban J connectivity index is 1.03. The van der Waals surface area contributed by atoms with Crippen LogP contribution in [-0.2, 0) is 38.0 Å². The number of hydrogen-bond donors (Lipinski definition) is 0. The molecule has 3 aromatic rings. The second-order valence-corrected chi connectivity index (χ2v) is 11.3. The van der Waals surface area contributed by atoms with Crippen LogP contribution in [0.2, 0.25) is 0 Å². The molecule has 15 nitrogen and oxygen atoms in total. The summed E-state index contributed by atoms with van der Waals surface area (Å²) in [6.07, 6.45) is -1.69. The molecular formula is C37H34O15. The molecule has 52 heavy (non-hydrogen) atoms. The fourth-order valence-corrected chi connectivity index (χ4v) is 5.07. The van der Waals surface area contributed by atoms with E-state index in [9.17, 15) is 28.8 Å². The topological polar surface area (TPSA) is 185 Å². The molecule has 0 radical (unpaired) electrons. The second kappa shape index (κ2) is 17.7. The van der Waals surface area contributed by atoms with Crippen molar-refractivity contribution in [1.29, 1.82) is 0 Å². The van der Waals surface area contributed by atoms with Gasteiger partial charge < -0.3 is 42.6 Å². The highest BCUT2D eigenvalue weighted by molar-refractivity contribution is 5.92. The lowest BCUT2D eigenvalue weighted by molar-refractivity contribution is -0.138. The molecule has 2 aliphatic rings. The predicted molar refractivity (Wildman–Crippen MR) is 176 cm³/mol. The minimum absolute atomic E-state index is 0.0313. The second-order valence-electron chi connectivity index (χ2n) is 11.3. The first kappa shape index (κ1) is 37.2. The number of carbonyl (C=O) groups excluding carboxylic acids is 6. The number of unbranched alkanes of at least 4 members (excludes halogenated alkanes) is 1. The molecule has 4 atom stereocenters. The SMILES string of the molecule is C=CC(=O)OCCCCOC(=O)Oc1ccc(C(=O)Oc2ccc(C(=O)O[C@H]3CO[C@H]4[C@@H]3OC[C@@H]4OC(=O)c3ccc(OC(C)=O)cc3)cc2)cc1. The van der Waals surface area contributed by atoms with Crippen molar-refractivity contribution in [2.75, 3.05) is 26.4 Å². The van der Waals surface area contributed by atoms with Crippen molar-refractivity contribution in [2.24, 2.45) is 0 Å². The van der Waals surface area contributed by atoms with Gasteiger partial charge in [0.2, 0.25) is 0 Å². The van der Waals surface area contributed by atoms with E-state index in [0.717, 1.165) is 6.08 Å². The monoisotopic (exact) mass is 718 g/mol. The fourth-order valence-electron chi connectivity index (χ4n) is 5.07. The Morgan fingerprint density at radius 2 is 1.04 bits per heavy atom. The van der Waals surface area contributed by atoms with Gasteiger partial charge in [-0.1, -0.05) is 6.58 Å². The Bertz CT molecular complexity index is 1770. The first-order chi connectivity index (χ1) is 25.1. The first-order valence-electron chi connectivity index (χ1n) is 16.1. The van der Waals surface area contributed by atoms with Crippen LogP contribution in [0.15, 0.2) is 85.5 Å². The van der Waals surface area contributed by atoms with Gasteiger partial charge in [-0.2, -0.15) is 0 Å². The van der Waals surface area contributed by atoms with Gasteiger partial charge >= 0.3 is 36.0 Å². The molecule has 3 aromatic carbocycles. The molecule has 5 rings (SSSR count). The Labute approximate surface area is 297 Å². The molecule has 0 bridgehead atoms. The molecule has 0 unspecified atom stereocenters. The largest absolute Gasteiger partial charge is 0.513 e. The van der Waals surface area contributed by atoms with Crippen LogP contribution in [0.1, 0.15) is 50.8 Å². The number of esters is 5. The number of rotatable bonds is 14. The highest BCUT2D eigenvalue weighted by atomic mass is 16.7. The average molecular weight is 719 g/mol. The first-order valence-corrected chi connectivity index (χ1v) is 16.1. The molecule has 0 aromatic heterocycles. The van der Waals surface area contributed by atoms with Crippen LogP contribution in [0.4, 0.5) is 4.79 Å². The fraction of sp³-hybridized carbons (Fsp3) is 0.297. The van der Waals surface area contributed by atoms with E-state index in [1.54, 1.807) is 0 Å². The maximum absolute atomic E-state index is 12.9. The van der Waals surface area contributed by atoms with Gasteiger partial charge in [0, 0.05) is 13.0 Å². The number of fused-ring (bicyclic) bond motifs is 1. The van der Waals surface area contributed by atoms with Gasteiger partial charge in [-0.05, 0) is 85.6 Å². The molecule has 0 spiro atoms. The molecule has 0 N–H and O–H groups in total. The van der Waals surface area contributed by atoms with E-state index in [2.05, 4.69) is 6.58 Å². The van der Waals surface area contributed by atoms with E-state index in [1.807, 2.05) is 0 Å². The van der Waals surface area contributed by atoms with Crippen LogP contribution in [0.3, 0.4) is 0 Å². The summed E-state index contributed by atoms with van der Waals surface area (Å²) in [4.78, 5) is 72.2. The lowest BCUT2D eigenvalue weighted by Gasteiger charge is -2.17. The van der Waals surface area contributed by atoms with Crippen LogP contribution in [0.5, 0.6) is 17.2 Å². The van der Waals surface area contributed by atoms with Gasteiger partial charge in [-0.25, -0.2) is 24.0 Å². The van der Waals surface area contributed by atoms with Crippen molar-refractivity contribution in [3.63, 3.8) is 0 Å². The van der Waals surface area contributed by atoms with Crippen molar-refractivity contribution in [1.82, 2.24) is 0 Å². The number of benzene rings is 3. The third-order valence-corrected chi connectivity index (χ3v) is 7.59. The maximum Gasteiger partial charge on any atom is 0.513 e. The third-order valence-electron chi connectivity index (χ3n) is 7.59. The van der Waals surface area contributed by atoms with E-state index in [0.29, 0.717) is 18.6 Å². The molecule has 0 saturated carbocycles. The Hall–Kier alpha value is -6.06. The summed E-state index contributed by atoms with van der Waals surface area (Å²) in [5.74, 6) is -2.37. The molecule has 0 amide bonds. The van der Waals surface area contributed by atoms with Crippen molar-refractivity contribution < 1.29 is 71.4 Å². The standard InChI is InChI=1S/C37H34O15/c1-3-31(39)44-18-4-5-19-45-37(43)50-28-16-10-23(11-17-28)34(40)49-27-14-8-25(9-15-27)36(42)52-30-21-47-32-29(20-46-33(30)32)51-35(41)24-6-12-26(13-7-24)48-22(2)38/h3,6-17,29-30,32-33H,1,4-5,18-21H2,2H3/t29-,30-,32+,33+/m0/s1. The normalized spacial score (nSPS) is 18.6. The zero-order chi connectivity index (χ0) is 37.0. The molecule has 272 valence electrons. The molecule has 2 heterocycles. The summed E-state index contributed by atoms with van der Waals surface area (Å²) >= 11 is 0. The predicted octanol–water partition coefficient (Wildman–Crippen LogP) is 4.40. The highest BCUT2D eigenvalue weighted by Crippen LogP contribution is 2.32. The van der Waals surface area contributed by atoms with Gasteiger partial charge in [0.1, 0.15) is 29.5 Å². The van der Waals surface area contributed by atoms with Crippen LogP contribution in [0.25, 0.3) is 0 Å². The van der Waals surface area contributed by atoms with Crippen LogP contribution < -0.4 is 14.2 Å². The van der Waals surface area contributed by atoms with E-state index < -0.39 is 60.4 Å². The summed E-state index contributed by atoms with van der Waals surface area (Å²) < 4.78 is 48.0. The molecule has 2 saturated heterocycles. The maximum atomic E-state index is 12.9. The molecule has 15 heteroatoms. The Morgan fingerprint density at radius 1 is 0.615 bits per heavy atom.